The number of para-hydroxylation sites is 1. The number of thioether (sulfide) groups is 1. The van der Waals surface area contributed by atoms with Gasteiger partial charge in [0.05, 0.1) is 23.4 Å². The normalized spacial score (nSPS) is 27.5. The van der Waals surface area contributed by atoms with E-state index >= 15 is 0 Å². The lowest BCUT2D eigenvalue weighted by Gasteiger charge is -2.33. The van der Waals surface area contributed by atoms with Crippen molar-refractivity contribution in [2.45, 2.75) is 68.0 Å². The van der Waals surface area contributed by atoms with Crippen molar-refractivity contribution < 1.29 is 14.3 Å². The van der Waals surface area contributed by atoms with E-state index in [1.165, 1.54) is 4.90 Å². The summed E-state index contributed by atoms with van der Waals surface area (Å²) in [5, 5.41) is 9.81. The van der Waals surface area contributed by atoms with E-state index in [2.05, 4.69) is 48.0 Å². The van der Waals surface area contributed by atoms with Crippen LogP contribution in [-0.2, 0) is 14.3 Å². The summed E-state index contributed by atoms with van der Waals surface area (Å²) < 4.78 is 5.55. The fourth-order valence-corrected chi connectivity index (χ4v) is 5.37. The largest absolute Gasteiger partial charge is 0.376 e. The lowest BCUT2D eigenvalue weighted by atomic mass is 9.98. The van der Waals surface area contributed by atoms with Crippen LogP contribution in [0.1, 0.15) is 33.6 Å². The van der Waals surface area contributed by atoms with Crippen molar-refractivity contribution in [2.24, 2.45) is 5.92 Å². The monoisotopic (exact) mass is 441 g/mol. The Kier molecular flexibility index (Phi) is 6.72. The van der Waals surface area contributed by atoms with E-state index in [0.717, 1.165) is 12.1 Å². The molecule has 0 spiro atoms. The van der Waals surface area contributed by atoms with Gasteiger partial charge in [0, 0.05) is 22.8 Å². The topological polar surface area (TPSA) is 79.5 Å². The molecule has 2 aliphatic heterocycles. The number of anilines is 1. The number of rotatable bonds is 6. The van der Waals surface area contributed by atoms with E-state index in [9.17, 15) is 9.59 Å². The van der Waals surface area contributed by atoms with Gasteiger partial charge in [0.15, 0.2) is 0 Å². The highest BCUT2D eigenvalue weighted by Gasteiger charge is 2.32. The maximum absolute atomic E-state index is 13.0. The van der Waals surface area contributed by atoms with Crippen molar-refractivity contribution >= 4 is 29.3 Å². The Morgan fingerprint density at radius 3 is 2.84 bits per heavy atom. The van der Waals surface area contributed by atoms with Gasteiger partial charge in [0.1, 0.15) is 6.04 Å². The summed E-state index contributed by atoms with van der Waals surface area (Å²) in [6, 6.07) is 7.68. The van der Waals surface area contributed by atoms with E-state index in [1.54, 1.807) is 11.8 Å². The van der Waals surface area contributed by atoms with Crippen LogP contribution < -0.4 is 16.0 Å². The SMILES string of the molecule is CC(C)C[C@H](NC(=O)C1=CC2Nc3ccccc3SC2C=C1)C(=O)N[C@H]1CCOC1C. The Morgan fingerprint density at radius 2 is 2.10 bits per heavy atom. The third-order valence-corrected chi connectivity index (χ3v) is 7.28. The minimum Gasteiger partial charge on any atom is -0.376 e. The first-order valence-corrected chi connectivity index (χ1v) is 11.9. The zero-order valence-corrected chi connectivity index (χ0v) is 19.1. The number of amides is 2. The number of benzene rings is 1. The molecule has 1 aromatic rings. The molecular formula is C24H31N3O3S. The molecule has 4 rings (SSSR count). The van der Waals surface area contributed by atoms with Crippen LogP contribution in [0.5, 0.6) is 0 Å². The molecule has 2 amide bonds. The predicted molar refractivity (Wildman–Crippen MR) is 124 cm³/mol. The minimum atomic E-state index is -0.568. The molecule has 0 radical (unpaired) electrons. The van der Waals surface area contributed by atoms with Crippen LogP contribution in [-0.4, -0.2) is 47.9 Å². The Labute approximate surface area is 188 Å². The molecule has 3 N–H and O–H groups in total. The Morgan fingerprint density at radius 1 is 1.29 bits per heavy atom. The molecule has 0 aromatic heterocycles. The van der Waals surface area contributed by atoms with E-state index < -0.39 is 6.04 Å². The van der Waals surface area contributed by atoms with E-state index in [1.807, 2.05) is 31.2 Å². The zero-order valence-electron chi connectivity index (χ0n) is 18.3. The molecule has 1 fully saturated rings. The van der Waals surface area contributed by atoms with E-state index in [4.69, 9.17) is 4.74 Å². The van der Waals surface area contributed by atoms with Gasteiger partial charge in [0.2, 0.25) is 5.91 Å². The summed E-state index contributed by atoms with van der Waals surface area (Å²) in [4.78, 5) is 27.2. The molecule has 2 heterocycles. The van der Waals surface area contributed by atoms with Crippen molar-refractivity contribution in [1.29, 1.82) is 0 Å². The third kappa shape index (κ3) is 5.15. The maximum Gasteiger partial charge on any atom is 0.251 e. The van der Waals surface area contributed by atoms with Gasteiger partial charge >= 0.3 is 0 Å². The van der Waals surface area contributed by atoms with Gasteiger partial charge < -0.3 is 20.7 Å². The highest BCUT2D eigenvalue weighted by Crippen LogP contribution is 2.40. The lowest BCUT2D eigenvalue weighted by molar-refractivity contribution is -0.128. The molecule has 31 heavy (non-hydrogen) atoms. The van der Waals surface area contributed by atoms with Crippen molar-refractivity contribution in [3.63, 3.8) is 0 Å². The number of hydrogen-bond donors (Lipinski definition) is 3. The lowest BCUT2D eigenvalue weighted by Crippen LogP contribution is -2.52. The summed E-state index contributed by atoms with van der Waals surface area (Å²) in [5.41, 5.74) is 1.68. The van der Waals surface area contributed by atoms with Gasteiger partial charge in [0.25, 0.3) is 5.91 Å². The number of carbonyl (C=O) groups is 2. The highest BCUT2D eigenvalue weighted by molar-refractivity contribution is 8.00. The number of carbonyl (C=O) groups excluding carboxylic acids is 2. The van der Waals surface area contributed by atoms with Crippen molar-refractivity contribution in [3.05, 3.63) is 48.1 Å². The second kappa shape index (κ2) is 9.49. The van der Waals surface area contributed by atoms with Crippen molar-refractivity contribution in [3.8, 4) is 0 Å². The number of fused-ring (bicyclic) bond motifs is 2. The zero-order chi connectivity index (χ0) is 22.0. The molecule has 3 aliphatic rings. The Bertz CT molecular complexity index is 898. The summed E-state index contributed by atoms with van der Waals surface area (Å²) in [5.74, 6) is -0.0682. The van der Waals surface area contributed by atoms with Crippen LogP contribution in [0.3, 0.4) is 0 Å². The van der Waals surface area contributed by atoms with Crippen LogP contribution in [0.15, 0.2) is 53.0 Å². The van der Waals surface area contributed by atoms with Crippen LogP contribution in [0.25, 0.3) is 0 Å². The minimum absolute atomic E-state index is 0.00183. The predicted octanol–water partition coefficient (Wildman–Crippen LogP) is 3.26. The van der Waals surface area contributed by atoms with Gasteiger partial charge in [-0.05, 0) is 43.9 Å². The van der Waals surface area contributed by atoms with E-state index in [0.29, 0.717) is 18.6 Å². The summed E-state index contributed by atoms with van der Waals surface area (Å²) in [6.45, 7) is 6.73. The molecule has 6 nitrogen and oxygen atoms in total. The maximum atomic E-state index is 13.0. The fraction of sp³-hybridized carbons (Fsp3) is 0.500. The number of ether oxygens (including phenoxy) is 1. The van der Waals surface area contributed by atoms with Gasteiger partial charge in [-0.1, -0.05) is 38.1 Å². The molecule has 1 aromatic carbocycles. The second-order valence-corrected chi connectivity index (χ2v) is 10.1. The summed E-state index contributed by atoms with van der Waals surface area (Å²) in [6.07, 6.45) is 7.30. The average Bonchev–Trinajstić information content (AvgIpc) is 3.15. The summed E-state index contributed by atoms with van der Waals surface area (Å²) in [7, 11) is 0. The second-order valence-electron chi connectivity index (χ2n) is 8.87. The van der Waals surface area contributed by atoms with Crippen LogP contribution in [0.2, 0.25) is 0 Å². The quantitative estimate of drug-likeness (QED) is 0.632. The molecular weight excluding hydrogens is 410 g/mol. The first-order chi connectivity index (χ1) is 14.9. The van der Waals surface area contributed by atoms with Gasteiger partial charge in [-0.2, -0.15) is 0 Å². The van der Waals surface area contributed by atoms with E-state index in [-0.39, 0.29) is 41.2 Å². The number of hydrogen-bond acceptors (Lipinski definition) is 5. The number of nitrogens with one attached hydrogen (secondary N) is 3. The van der Waals surface area contributed by atoms with Gasteiger partial charge in [-0.3, -0.25) is 9.59 Å². The first-order valence-electron chi connectivity index (χ1n) is 11.1. The standard InChI is InChI=1S/C24H31N3O3S/c1-14(2)12-20(24(29)26-17-10-11-30-15(17)3)27-23(28)16-8-9-22-19(13-16)25-18-6-4-5-7-21(18)31-22/h4-9,13-15,17,19-20,22,25H,10-12H2,1-3H3,(H,26,29)(H,27,28)/t15?,17-,19?,20-,22?/m0/s1. The highest BCUT2D eigenvalue weighted by atomic mass is 32.2. The molecule has 0 bridgehead atoms. The van der Waals surface area contributed by atoms with Gasteiger partial charge in [-0.25, -0.2) is 0 Å². The molecule has 3 unspecified atom stereocenters. The van der Waals surface area contributed by atoms with Crippen molar-refractivity contribution in [2.75, 3.05) is 11.9 Å². The molecule has 1 aliphatic carbocycles. The molecule has 5 atom stereocenters. The fourth-order valence-electron chi connectivity index (χ4n) is 4.21. The summed E-state index contributed by atoms with van der Waals surface area (Å²) >= 11 is 1.80. The Balaban J connectivity index is 1.43. The Hall–Kier alpha value is -2.25. The van der Waals surface area contributed by atoms with Crippen LogP contribution in [0.4, 0.5) is 5.69 Å². The van der Waals surface area contributed by atoms with Gasteiger partial charge in [-0.15, -0.1) is 11.8 Å². The molecule has 1 saturated heterocycles. The molecule has 0 saturated carbocycles. The molecule has 7 heteroatoms. The average molecular weight is 442 g/mol. The smallest absolute Gasteiger partial charge is 0.251 e. The molecule has 166 valence electrons. The van der Waals surface area contributed by atoms with Crippen LogP contribution in [0, 0.1) is 5.92 Å². The van der Waals surface area contributed by atoms with Crippen LogP contribution >= 0.6 is 11.8 Å². The third-order valence-electron chi connectivity index (χ3n) is 5.95. The van der Waals surface area contributed by atoms with Crippen molar-refractivity contribution in [1.82, 2.24) is 10.6 Å². The first kappa shape index (κ1) is 22.0.